The number of nitro benzene ring substituents is 1. The van der Waals surface area contributed by atoms with Gasteiger partial charge >= 0.3 is 5.95 Å². The summed E-state index contributed by atoms with van der Waals surface area (Å²) in [7, 11) is 0. The van der Waals surface area contributed by atoms with E-state index in [0.29, 0.717) is 5.71 Å². The Morgan fingerprint density at radius 3 is 2.79 bits per heavy atom. The lowest BCUT2D eigenvalue weighted by Crippen LogP contribution is -2.38. The van der Waals surface area contributed by atoms with Crippen molar-refractivity contribution < 1.29 is 24.1 Å². The average molecular weight is 403 g/mol. The number of nitro groups is 2. The smallest absolute Gasteiger partial charge is 0.390 e. The Labute approximate surface area is 161 Å². The van der Waals surface area contributed by atoms with E-state index in [9.17, 15) is 25.0 Å². The Bertz CT molecular complexity index is 1020. The Kier molecular flexibility index (Phi) is 4.69. The normalized spacial score (nSPS) is 24.4. The summed E-state index contributed by atoms with van der Waals surface area (Å²) in [6, 6.07) is 4.99. The van der Waals surface area contributed by atoms with Gasteiger partial charge in [0.05, 0.1) is 17.2 Å². The number of fused-ring (bicyclic) bond motifs is 2. The van der Waals surface area contributed by atoms with Crippen LogP contribution in [0.25, 0.3) is 0 Å². The van der Waals surface area contributed by atoms with Crippen molar-refractivity contribution in [2.45, 2.75) is 24.9 Å². The fraction of sp³-hybridized carbons (Fsp3) is 0.333. The maximum atomic E-state index is 12.3. The SMILES string of the molecule is O=C(N/N=C1/CC(n2cnc([N+](=O)[O-])n2)C2COC1O2)c1ccccc1[N+](=O)[O-]. The van der Waals surface area contributed by atoms with Crippen molar-refractivity contribution in [1.82, 2.24) is 20.2 Å². The first-order valence-corrected chi connectivity index (χ1v) is 8.37. The van der Waals surface area contributed by atoms with Crippen LogP contribution in [-0.4, -0.2) is 55.2 Å². The van der Waals surface area contributed by atoms with Gasteiger partial charge in [-0.3, -0.25) is 14.9 Å². The maximum Gasteiger partial charge on any atom is 0.490 e. The summed E-state index contributed by atoms with van der Waals surface area (Å²) in [4.78, 5) is 36.5. The lowest BCUT2D eigenvalue weighted by atomic mass is 10.0. The van der Waals surface area contributed by atoms with E-state index in [1.54, 1.807) is 0 Å². The molecule has 3 atom stereocenters. The van der Waals surface area contributed by atoms with Gasteiger partial charge in [0.25, 0.3) is 11.6 Å². The number of carbonyl (C=O) groups excluding carboxylic acids is 1. The summed E-state index contributed by atoms with van der Waals surface area (Å²) in [6.07, 6.45) is 0.244. The highest BCUT2D eigenvalue weighted by atomic mass is 16.7. The molecule has 4 rings (SSSR count). The van der Waals surface area contributed by atoms with Crippen molar-refractivity contribution in [2.75, 3.05) is 6.61 Å². The van der Waals surface area contributed by atoms with E-state index >= 15 is 0 Å². The monoisotopic (exact) mass is 403 g/mol. The van der Waals surface area contributed by atoms with Crippen molar-refractivity contribution in [3.63, 3.8) is 0 Å². The molecule has 0 aliphatic carbocycles. The molecule has 1 aromatic carbocycles. The molecule has 2 fully saturated rings. The third-order valence-electron chi connectivity index (χ3n) is 4.48. The highest BCUT2D eigenvalue weighted by Gasteiger charge is 2.44. The molecule has 150 valence electrons. The second-order valence-corrected chi connectivity index (χ2v) is 6.21. The molecule has 3 unspecified atom stereocenters. The van der Waals surface area contributed by atoms with E-state index in [4.69, 9.17) is 9.47 Å². The summed E-state index contributed by atoms with van der Waals surface area (Å²) < 4.78 is 12.5. The van der Waals surface area contributed by atoms with Gasteiger partial charge in [0.2, 0.25) is 6.33 Å². The second-order valence-electron chi connectivity index (χ2n) is 6.21. The number of nitrogens with one attached hydrogen (secondary N) is 1. The van der Waals surface area contributed by atoms with E-state index < -0.39 is 40.1 Å². The lowest BCUT2D eigenvalue weighted by Gasteiger charge is -2.26. The van der Waals surface area contributed by atoms with Gasteiger partial charge in [-0.2, -0.15) is 9.78 Å². The van der Waals surface area contributed by atoms with Gasteiger partial charge in [-0.05, 0) is 11.0 Å². The van der Waals surface area contributed by atoms with Crippen molar-refractivity contribution in [2.24, 2.45) is 5.10 Å². The molecule has 2 aliphatic rings. The van der Waals surface area contributed by atoms with Crippen LogP contribution in [0.1, 0.15) is 22.8 Å². The van der Waals surface area contributed by atoms with Crippen LogP contribution in [0.5, 0.6) is 0 Å². The van der Waals surface area contributed by atoms with Crippen LogP contribution in [0, 0.1) is 20.2 Å². The number of nitrogens with zero attached hydrogens (tertiary/aromatic N) is 6. The van der Waals surface area contributed by atoms with Crippen LogP contribution in [0.15, 0.2) is 35.7 Å². The molecule has 2 aromatic rings. The summed E-state index contributed by atoms with van der Waals surface area (Å²) in [5.74, 6) is -1.31. The van der Waals surface area contributed by atoms with E-state index in [1.807, 2.05) is 0 Å². The zero-order valence-corrected chi connectivity index (χ0v) is 14.6. The number of amides is 1. The van der Waals surface area contributed by atoms with Gasteiger partial charge in [0.1, 0.15) is 17.7 Å². The van der Waals surface area contributed by atoms with Gasteiger partial charge in [0.15, 0.2) is 6.29 Å². The largest absolute Gasteiger partial charge is 0.490 e. The topological polar surface area (TPSA) is 177 Å². The van der Waals surface area contributed by atoms with Gasteiger partial charge in [-0.1, -0.05) is 17.1 Å². The van der Waals surface area contributed by atoms with Crippen molar-refractivity contribution in [1.29, 1.82) is 0 Å². The molecule has 14 heteroatoms. The molecule has 0 radical (unpaired) electrons. The molecule has 1 aromatic heterocycles. The number of carbonyl (C=O) groups is 1. The third-order valence-corrected chi connectivity index (χ3v) is 4.48. The quantitative estimate of drug-likeness (QED) is 0.552. The van der Waals surface area contributed by atoms with Gasteiger partial charge in [0, 0.05) is 17.6 Å². The minimum Gasteiger partial charge on any atom is -0.390 e. The zero-order chi connectivity index (χ0) is 20.5. The first kappa shape index (κ1) is 18.6. The van der Waals surface area contributed by atoms with Crippen molar-refractivity contribution in [3.05, 3.63) is 56.4 Å². The van der Waals surface area contributed by atoms with Crippen LogP contribution in [0.4, 0.5) is 11.6 Å². The molecule has 1 N–H and O–H groups in total. The van der Waals surface area contributed by atoms with E-state index in [0.717, 1.165) is 0 Å². The number of rotatable bonds is 5. The molecular formula is C15H13N7O7. The number of para-hydroxylation sites is 1. The minimum atomic E-state index is -0.791. The van der Waals surface area contributed by atoms with Crippen LogP contribution in [-0.2, 0) is 9.47 Å². The Morgan fingerprint density at radius 1 is 1.28 bits per heavy atom. The number of ether oxygens (including phenoxy) is 2. The van der Waals surface area contributed by atoms with Gasteiger partial charge in [-0.25, -0.2) is 5.43 Å². The molecule has 29 heavy (non-hydrogen) atoms. The number of aromatic nitrogens is 3. The maximum absolute atomic E-state index is 12.3. The van der Waals surface area contributed by atoms with E-state index in [-0.39, 0.29) is 24.3 Å². The molecule has 0 saturated carbocycles. The molecule has 0 spiro atoms. The van der Waals surface area contributed by atoms with Gasteiger partial charge in [-0.15, -0.1) is 0 Å². The molecule has 2 bridgehead atoms. The number of hydrazone groups is 1. The van der Waals surface area contributed by atoms with E-state index in [2.05, 4.69) is 20.6 Å². The predicted molar refractivity (Wildman–Crippen MR) is 92.9 cm³/mol. The Balaban J connectivity index is 1.53. The fourth-order valence-corrected chi connectivity index (χ4v) is 3.12. The highest BCUT2D eigenvalue weighted by Crippen LogP contribution is 2.33. The molecule has 3 heterocycles. The molecule has 2 aliphatic heterocycles. The van der Waals surface area contributed by atoms with Crippen LogP contribution in [0.2, 0.25) is 0 Å². The second kappa shape index (κ2) is 7.33. The number of benzene rings is 1. The molecule has 1 amide bonds. The lowest BCUT2D eigenvalue weighted by molar-refractivity contribution is -0.394. The number of hydrogen-bond donors (Lipinski definition) is 1. The fourth-order valence-electron chi connectivity index (χ4n) is 3.12. The third kappa shape index (κ3) is 3.53. The van der Waals surface area contributed by atoms with Crippen molar-refractivity contribution >= 4 is 23.3 Å². The van der Waals surface area contributed by atoms with Crippen LogP contribution < -0.4 is 5.43 Å². The Hall–Kier alpha value is -3.78. The first-order chi connectivity index (χ1) is 13.9. The summed E-state index contributed by atoms with van der Waals surface area (Å²) in [6.45, 7) is 0.208. The van der Waals surface area contributed by atoms with Crippen LogP contribution in [0.3, 0.4) is 0 Å². The van der Waals surface area contributed by atoms with E-state index in [1.165, 1.54) is 35.3 Å². The first-order valence-electron chi connectivity index (χ1n) is 8.37. The van der Waals surface area contributed by atoms with Crippen molar-refractivity contribution in [3.8, 4) is 0 Å². The standard InChI is InChI=1S/C15H13N7O7/c23-13(8-3-1-2-4-10(8)21(24)25)18-17-9-5-11(12-6-28-14(9)29-12)20-7-16-15(19-20)22(26)27/h1-4,7,11-12,14H,5-6H2,(H,18,23)/b17-9-. The zero-order valence-electron chi connectivity index (χ0n) is 14.6. The minimum absolute atomic E-state index is 0.146. The highest BCUT2D eigenvalue weighted by molar-refractivity contribution is 5.99. The molecule has 2 saturated heterocycles. The summed E-state index contributed by atoms with van der Waals surface area (Å²) in [5, 5.41) is 29.7. The summed E-state index contributed by atoms with van der Waals surface area (Å²) >= 11 is 0. The predicted octanol–water partition coefficient (Wildman–Crippen LogP) is 0.567. The number of hydrogen-bond acceptors (Lipinski definition) is 10. The summed E-state index contributed by atoms with van der Waals surface area (Å²) in [5.41, 5.74) is 2.09. The van der Waals surface area contributed by atoms with Crippen LogP contribution >= 0.6 is 0 Å². The van der Waals surface area contributed by atoms with Gasteiger partial charge < -0.3 is 19.6 Å². The Morgan fingerprint density at radius 2 is 2.07 bits per heavy atom. The molecular weight excluding hydrogens is 390 g/mol. The average Bonchev–Trinajstić information content (AvgIpc) is 3.36. The molecule has 14 nitrogen and oxygen atoms in total.